The van der Waals surface area contributed by atoms with E-state index in [1.165, 1.54) is 6.92 Å². The van der Waals surface area contributed by atoms with Crippen LogP contribution in [-0.2, 0) is 14.3 Å². The van der Waals surface area contributed by atoms with Crippen LogP contribution in [0.15, 0.2) is 0 Å². The van der Waals surface area contributed by atoms with Gasteiger partial charge in [-0.15, -0.1) is 0 Å². The Morgan fingerprint density at radius 2 is 1.79 bits per heavy atom. The third-order valence-corrected chi connectivity index (χ3v) is 2.29. The summed E-state index contributed by atoms with van der Waals surface area (Å²) in [6, 6.07) is 0. The lowest BCUT2D eigenvalue weighted by atomic mass is 9.96. The van der Waals surface area contributed by atoms with Gasteiger partial charge in [-0.1, -0.05) is 0 Å². The SMILES string of the molecule is COC(=O)[C@H]1O[C@@H](C)C(O)C(O)C1O. The van der Waals surface area contributed by atoms with Crippen LogP contribution in [0.3, 0.4) is 0 Å². The molecule has 1 saturated heterocycles. The molecular formula is C8H14O6. The molecule has 3 unspecified atom stereocenters. The first-order valence-electron chi connectivity index (χ1n) is 4.26. The van der Waals surface area contributed by atoms with Crippen molar-refractivity contribution in [2.24, 2.45) is 0 Å². The molecular weight excluding hydrogens is 192 g/mol. The predicted molar refractivity (Wildman–Crippen MR) is 44.4 cm³/mol. The van der Waals surface area contributed by atoms with E-state index in [9.17, 15) is 20.1 Å². The molecule has 6 heteroatoms. The van der Waals surface area contributed by atoms with Crippen molar-refractivity contribution >= 4 is 5.97 Å². The normalized spacial score (nSPS) is 43.4. The molecule has 0 spiro atoms. The highest BCUT2D eigenvalue weighted by Gasteiger charge is 2.45. The first-order valence-corrected chi connectivity index (χ1v) is 4.26. The monoisotopic (exact) mass is 206 g/mol. The minimum atomic E-state index is -1.46. The van der Waals surface area contributed by atoms with Crippen LogP contribution in [0, 0.1) is 0 Å². The molecule has 1 fully saturated rings. The fraction of sp³-hybridized carbons (Fsp3) is 0.875. The van der Waals surface area contributed by atoms with Crippen LogP contribution in [0.4, 0.5) is 0 Å². The van der Waals surface area contributed by atoms with Gasteiger partial charge in [-0.2, -0.15) is 0 Å². The van der Waals surface area contributed by atoms with Gasteiger partial charge in [-0.05, 0) is 6.92 Å². The highest BCUT2D eigenvalue weighted by Crippen LogP contribution is 2.21. The molecule has 3 N–H and O–H groups in total. The number of rotatable bonds is 1. The van der Waals surface area contributed by atoms with E-state index < -0.39 is 36.5 Å². The number of carbonyl (C=O) groups is 1. The second-order valence-corrected chi connectivity index (χ2v) is 3.26. The van der Waals surface area contributed by atoms with Crippen LogP contribution in [0.2, 0.25) is 0 Å². The second-order valence-electron chi connectivity index (χ2n) is 3.26. The van der Waals surface area contributed by atoms with Gasteiger partial charge in [0, 0.05) is 0 Å². The van der Waals surface area contributed by atoms with Crippen LogP contribution >= 0.6 is 0 Å². The molecule has 5 atom stereocenters. The van der Waals surface area contributed by atoms with Gasteiger partial charge in [0.2, 0.25) is 0 Å². The summed E-state index contributed by atoms with van der Waals surface area (Å²) in [7, 11) is 1.15. The smallest absolute Gasteiger partial charge is 0.337 e. The van der Waals surface area contributed by atoms with E-state index >= 15 is 0 Å². The highest BCUT2D eigenvalue weighted by atomic mass is 16.6. The molecule has 0 aromatic heterocycles. The van der Waals surface area contributed by atoms with E-state index in [4.69, 9.17) is 4.74 Å². The number of carbonyl (C=O) groups excluding carboxylic acids is 1. The fourth-order valence-electron chi connectivity index (χ4n) is 1.36. The maximum absolute atomic E-state index is 11.1. The Hall–Kier alpha value is -0.690. The van der Waals surface area contributed by atoms with Crippen molar-refractivity contribution in [3.63, 3.8) is 0 Å². The molecule has 82 valence electrons. The van der Waals surface area contributed by atoms with E-state index in [1.807, 2.05) is 0 Å². The summed E-state index contributed by atoms with van der Waals surface area (Å²) in [5.41, 5.74) is 0. The number of aliphatic hydroxyl groups is 3. The molecule has 6 nitrogen and oxygen atoms in total. The minimum Gasteiger partial charge on any atom is -0.467 e. The maximum atomic E-state index is 11.1. The largest absolute Gasteiger partial charge is 0.467 e. The van der Waals surface area contributed by atoms with Gasteiger partial charge in [-0.25, -0.2) is 4.79 Å². The molecule has 0 saturated carbocycles. The van der Waals surface area contributed by atoms with Crippen molar-refractivity contribution < 1.29 is 29.6 Å². The van der Waals surface area contributed by atoms with Crippen LogP contribution in [0.5, 0.6) is 0 Å². The zero-order valence-electron chi connectivity index (χ0n) is 7.95. The average molecular weight is 206 g/mol. The molecule has 0 aliphatic carbocycles. The molecule has 14 heavy (non-hydrogen) atoms. The zero-order chi connectivity index (χ0) is 10.9. The molecule has 0 aromatic carbocycles. The Morgan fingerprint density at radius 1 is 1.21 bits per heavy atom. The predicted octanol–water partition coefficient (Wildman–Crippen LogP) is -1.97. The van der Waals surface area contributed by atoms with Gasteiger partial charge in [0.1, 0.15) is 18.3 Å². The van der Waals surface area contributed by atoms with E-state index in [0.29, 0.717) is 0 Å². The molecule has 1 rings (SSSR count). The van der Waals surface area contributed by atoms with Gasteiger partial charge < -0.3 is 24.8 Å². The van der Waals surface area contributed by atoms with Crippen molar-refractivity contribution in [3.8, 4) is 0 Å². The number of hydrogen-bond donors (Lipinski definition) is 3. The Labute approximate surface area is 81.1 Å². The summed E-state index contributed by atoms with van der Waals surface area (Å²) in [5.74, 6) is -0.768. The van der Waals surface area contributed by atoms with Gasteiger partial charge >= 0.3 is 5.97 Å². The molecule has 0 amide bonds. The molecule has 1 aliphatic heterocycles. The Morgan fingerprint density at radius 3 is 2.29 bits per heavy atom. The number of esters is 1. The Kier molecular flexibility index (Phi) is 3.43. The van der Waals surface area contributed by atoms with Gasteiger partial charge in [0.25, 0.3) is 0 Å². The van der Waals surface area contributed by atoms with Crippen molar-refractivity contribution in [2.45, 2.75) is 37.4 Å². The van der Waals surface area contributed by atoms with Gasteiger partial charge in [0.15, 0.2) is 6.10 Å². The van der Waals surface area contributed by atoms with Crippen LogP contribution < -0.4 is 0 Å². The van der Waals surface area contributed by atoms with E-state index in [1.54, 1.807) is 0 Å². The number of ether oxygens (including phenoxy) is 2. The quantitative estimate of drug-likeness (QED) is 0.431. The lowest BCUT2D eigenvalue weighted by molar-refractivity contribution is -0.225. The summed E-state index contributed by atoms with van der Waals surface area (Å²) in [6.45, 7) is 1.50. The summed E-state index contributed by atoms with van der Waals surface area (Å²) in [4.78, 5) is 11.1. The third-order valence-electron chi connectivity index (χ3n) is 2.29. The highest BCUT2D eigenvalue weighted by molar-refractivity contribution is 5.75. The van der Waals surface area contributed by atoms with Crippen LogP contribution in [-0.4, -0.2) is 58.9 Å². The standard InChI is InChI=1S/C8H14O6/c1-3-4(9)5(10)6(11)7(14-3)8(12)13-2/h3-7,9-11H,1-2H3/t3-,4?,5?,6?,7-/m0/s1. The first-order chi connectivity index (χ1) is 6.49. The molecule has 0 aromatic rings. The molecule has 1 aliphatic rings. The Balaban J connectivity index is 2.75. The molecule has 0 bridgehead atoms. The zero-order valence-corrected chi connectivity index (χ0v) is 7.95. The average Bonchev–Trinajstić information content (AvgIpc) is 2.19. The van der Waals surface area contributed by atoms with Crippen molar-refractivity contribution in [1.29, 1.82) is 0 Å². The topological polar surface area (TPSA) is 96.2 Å². The first kappa shape index (κ1) is 11.4. The van der Waals surface area contributed by atoms with Gasteiger partial charge in [0.05, 0.1) is 13.2 Å². The minimum absolute atomic E-state index is 0.725. The summed E-state index contributed by atoms with van der Waals surface area (Å²) < 4.78 is 9.37. The van der Waals surface area contributed by atoms with Crippen molar-refractivity contribution in [1.82, 2.24) is 0 Å². The van der Waals surface area contributed by atoms with Crippen molar-refractivity contribution in [2.75, 3.05) is 7.11 Å². The maximum Gasteiger partial charge on any atom is 0.337 e. The van der Waals surface area contributed by atoms with Gasteiger partial charge in [-0.3, -0.25) is 0 Å². The van der Waals surface area contributed by atoms with E-state index in [-0.39, 0.29) is 0 Å². The summed E-state index contributed by atoms with van der Waals surface area (Å²) in [5, 5.41) is 28.0. The lowest BCUT2D eigenvalue weighted by Crippen LogP contribution is -2.59. The number of hydrogen-bond acceptors (Lipinski definition) is 6. The van der Waals surface area contributed by atoms with Crippen molar-refractivity contribution in [3.05, 3.63) is 0 Å². The lowest BCUT2D eigenvalue weighted by Gasteiger charge is -2.37. The second kappa shape index (κ2) is 4.22. The molecule has 0 radical (unpaired) electrons. The van der Waals surface area contributed by atoms with E-state index in [2.05, 4.69) is 4.74 Å². The van der Waals surface area contributed by atoms with Crippen LogP contribution in [0.1, 0.15) is 6.92 Å². The number of methoxy groups -OCH3 is 1. The Bertz CT molecular complexity index is 218. The van der Waals surface area contributed by atoms with E-state index in [0.717, 1.165) is 7.11 Å². The number of aliphatic hydroxyl groups excluding tert-OH is 3. The van der Waals surface area contributed by atoms with Crippen LogP contribution in [0.25, 0.3) is 0 Å². The summed E-state index contributed by atoms with van der Waals surface area (Å²) >= 11 is 0. The fourth-order valence-corrected chi connectivity index (χ4v) is 1.36. The summed E-state index contributed by atoms with van der Waals surface area (Å²) in [6.07, 6.45) is -6.03. The third kappa shape index (κ3) is 1.88. The molecule has 1 heterocycles.